The van der Waals surface area contributed by atoms with Gasteiger partial charge in [0.1, 0.15) is 12.6 Å². The summed E-state index contributed by atoms with van der Waals surface area (Å²) in [5.74, 6) is 1.87. The fourth-order valence-electron chi connectivity index (χ4n) is 8.25. The second kappa shape index (κ2) is 12.2. The zero-order valence-corrected chi connectivity index (χ0v) is 25.5. The molecule has 41 heavy (non-hydrogen) atoms. The molecule has 8 heteroatoms. The van der Waals surface area contributed by atoms with E-state index in [4.69, 9.17) is 0 Å². The van der Waals surface area contributed by atoms with Gasteiger partial charge in [-0.05, 0) is 105 Å². The standard InChI is InChI=1S/C33H45N3O4S/c1-4-30(32(38)34-5-2)35(16-15-24-9-7-6-8-10-24)31(37)23-36(41(3,39)40)29-13-11-28(12-14-29)33-20-25-17-26(21-33)19-27(18-25)22-33/h6-14,25-27,30H,4-5,15-23H2,1-3H3,(H,34,38)/t25?,26?,27?,30-,33?/m0/s1. The number of hydrogen-bond acceptors (Lipinski definition) is 4. The minimum Gasteiger partial charge on any atom is -0.355 e. The maximum Gasteiger partial charge on any atom is 0.244 e. The van der Waals surface area contributed by atoms with Crippen molar-refractivity contribution in [3.05, 3.63) is 65.7 Å². The van der Waals surface area contributed by atoms with Gasteiger partial charge < -0.3 is 10.2 Å². The predicted octanol–water partition coefficient (Wildman–Crippen LogP) is 4.91. The number of carbonyl (C=O) groups excluding carboxylic acids is 2. The number of nitrogens with zero attached hydrogens (tertiary/aromatic N) is 2. The van der Waals surface area contributed by atoms with E-state index in [1.807, 2.05) is 56.3 Å². The monoisotopic (exact) mass is 579 g/mol. The van der Waals surface area contributed by atoms with Crippen molar-refractivity contribution in [1.29, 1.82) is 0 Å². The van der Waals surface area contributed by atoms with Crippen LogP contribution in [0.3, 0.4) is 0 Å². The summed E-state index contributed by atoms with van der Waals surface area (Å²) >= 11 is 0. The Labute approximate surface area is 245 Å². The Morgan fingerprint density at radius 2 is 1.51 bits per heavy atom. The lowest BCUT2D eigenvalue weighted by atomic mass is 9.48. The van der Waals surface area contributed by atoms with E-state index in [9.17, 15) is 18.0 Å². The largest absolute Gasteiger partial charge is 0.355 e. The molecule has 4 aliphatic rings. The van der Waals surface area contributed by atoms with E-state index in [0.29, 0.717) is 31.6 Å². The van der Waals surface area contributed by atoms with Crippen molar-refractivity contribution in [3.8, 4) is 0 Å². The highest BCUT2D eigenvalue weighted by Gasteiger charge is 2.51. The predicted molar refractivity (Wildman–Crippen MR) is 163 cm³/mol. The van der Waals surface area contributed by atoms with Crippen LogP contribution in [-0.4, -0.2) is 57.1 Å². The molecular formula is C33H45N3O4S. The molecule has 0 spiro atoms. The van der Waals surface area contributed by atoms with Crippen LogP contribution in [0.5, 0.6) is 0 Å². The summed E-state index contributed by atoms with van der Waals surface area (Å²) in [5, 5.41) is 2.84. The number of carbonyl (C=O) groups is 2. The highest BCUT2D eigenvalue weighted by Crippen LogP contribution is 2.60. The molecule has 0 unspecified atom stereocenters. The van der Waals surface area contributed by atoms with Crippen molar-refractivity contribution in [2.75, 3.05) is 30.2 Å². The van der Waals surface area contributed by atoms with Gasteiger partial charge in [0.15, 0.2) is 0 Å². The lowest BCUT2D eigenvalue weighted by Gasteiger charge is -2.57. The van der Waals surface area contributed by atoms with Gasteiger partial charge in [0.25, 0.3) is 0 Å². The van der Waals surface area contributed by atoms with E-state index in [-0.39, 0.29) is 23.8 Å². The van der Waals surface area contributed by atoms with Crippen molar-refractivity contribution in [3.63, 3.8) is 0 Å². The van der Waals surface area contributed by atoms with Gasteiger partial charge in [0, 0.05) is 13.1 Å². The maximum atomic E-state index is 13.8. The second-order valence-electron chi connectivity index (χ2n) is 12.7. The molecule has 2 amide bonds. The van der Waals surface area contributed by atoms with E-state index >= 15 is 0 Å². The van der Waals surface area contributed by atoms with Gasteiger partial charge in [-0.2, -0.15) is 0 Å². The first kappa shape index (κ1) is 29.6. The molecular weight excluding hydrogens is 534 g/mol. The van der Waals surface area contributed by atoms with Gasteiger partial charge in [0.05, 0.1) is 11.9 Å². The van der Waals surface area contributed by atoms with Crippen molar-refractivity contribution in [1.82, 2.24) is 10.2 Å². The van der Waals surface area contributed by atoms with Crippen molar-refractivity contribution in [2.45, 2.75) is 76.7 Å². The minimum absolute atomic E-state index is 0.217. The topological polar surface area (TPSA) is 86.8 Å². The lowest BCUT2D eigenvalue weighted by molar-refractivity contribution is -0.139. The Bertz CT molecular complexity index is 1290. The van der Waals surface area contributed by atoms with Gasteiger partial charge in [-0.3, -0.25) is 13.9 Å². The van der Waals surface area contributed by atoms with Gasteiger partial charge in [0.2, 0.25) is 21.8 Å². The molecule has 4 aliphatic carbocycles. The van der Waals surface area contributed by atoms with E-state index in [1.54, 1.807) is 4.90 Å². The zero-order chi connectivity index (χ0) is 29.2. The number of amides is 2. The van der Waals surface area contributed by atoms with Crippen LogP contribution >= 0.6 is 0 Å². The lowest BCUT2D eigenvalue weighted by Crippen LogP contribution is -2.53. The fourth-order valence-corrected chi connectivity index (χ4v) is 9.10. The number of rotatable bonds is 12. The Balaban J connectivity index is 1.37. The Hall–Kier alpha value is -2.87. The smallest absolute Gasteiger partial charge is 0.244 e. The maximum absolute atomic E-state index is 13.8. The van der Waals surface area contributed by atoms with Crippen molar-refractivity contribution >= 4 is 27.5 Å². The number of sulfonamides is 1. The Morgan fingerprint density at radius 1 is 0.927 bits per heavy atom. The normalized spacial score (nSPS) is 25.5. The van der Waals surface area contributed by atoms with Crippen LogP contribution in [0.4, 0.5) is 5.69 Å². The van der Waals surface area contributed by atoms with Crippen LogP contribution in [0.25, 0.3) is 0 Å². The third-order valence-corrected chi connectivity index (χ3v) is 10.8. The molecule has 0 radical (unpaired) electrons. The van der Waals surface area contributed by atoms with Crippen LogP contribution in [-0.2, 0) is 31.4 Å². The summed E-state index contributed by atoms with van der Waals surface area (Å²) in [6, 6.07) is 17.1. The number of benzene rings is 2. The second-order valence-corrected chi connectivity index (χ2v) is 14.6. The highest BCUT2D eigenvalue weighted by atomic mass is 32.2. The van der Waals surface area contributed by atoms with Crippen LogP contribution < -0.4 is 9.62 Å². The average molecular weight is 580 g/mol. The molecule has 4 bridgehead atoms. The molecule has 222 valence electrons. The molecule has 0 aromatic heterocycles. The van der Waals surface area contributed by atoms with Crippen LogP contribution in [0.1, 0.15) is 69.9 Å². The van der Waals surface area contributed by atoms with Gasteiger partial charge in [-0.25, -0.2) is 8.42 Å². The summed E-state index contributed by atoms with van der Waals surface area (Å²) in [6.45, 7) is 4.16. The van der Waals surface area contributed by atoms with Gasteiger partial charge >= 0.3 is 0 Å². The minimum atomic E-state index is -3.75. The molecule has 2 aromatic carbocycles. The summed E-state index contributed by atoms with van der Waals surface area (Å²) in [5.41, 5.74) is 3.07. The number of hydrogen-bond donors (Lipinski definition) is 1. The molecule has 0 heterocycles. The molecule has 1 atom stereocenters. The molecule has 6 rings (SSSR count). The quantitative estimate of drug-likeness (QED) is 0.387. The van der Waals surface area contributed by atoms with E-state index in [2.05, 4.69) is 17.4 Å². The first-order valence-electron chi connectivity index (χ1n) is 15.3. The summed E-state index contributed by atoms with van der Waals surface area (Å²) in [6.07, 6.45) is 9.98. The summed E-state index contributed by atoms with van der Waals surface area (Å²) < 4.78 is 27.2. The molecule has 0 aliphatic heterocycles. The van der Waals surface area contributed by atoms with Crippen molar-refractivity contribution < 1.29 is 18.0 Å². The average Bonchev–Trinajstić information content (AvgIpc) is 2.93. The van der Waals surface area contributed by atoms with Gasteiger partial charge in [-0.15, -0.1) is 0 Å². The number of likely N-dealkylation sites (N-methyl/N-ethyl adjacent to an activating group) is 1. The van der Waals surface area contributed by atoms with Crippen LogP contribution in [0.15, 0.2) is 54.6 Å². The SMILES string of the molecule is CCNC(=O)[C@H](CC)N(CCc1ccccc1)C(=O)CN(c1ccc(C23CC4CC(CC(C4)C2)C3)cc1)S(C)(=O)=O. The van der Waals surface area contributed by atoms with Crippen LogP contribution in [0.2, 0.25) is 0 Å². The third-order valence-electron chi connectivity index (χ3n) is 9.71. The third kappa shape index (κ3) is 6.47. The fraction of sp³-hybridized carbons (Fsp3) is 0.576. The molecule has 7 nitrogen and oxygen atoms in total. The molecule has 0 saturated heterocycles. The van der Waals surface area contributed by atoms with E-state index < -0.39 is 16.1 Å². The number of anilines is 1. The zero-order valence-electron chi connectivity index (χ0n) is 24.7. The highest BCUT2D eigenvalue weighted by molar-refractivity contribution is 7.92. The number of nitrogens with one attached hydrogen (secondary N) is 1. The van der Waals surface area contributed by atoms with Gasteiger partial charge in [-0.1, -0.05) is 49.4 Å². The molecule has 2 aromatic rings. The van der Waals surface area contributed by atoms with E-state index in [0.717, 1.165) is 29.6 Å². The molecule has 4 saturated carbocycles. The molecule has 1 N–H and O–H groups in total. The van der Waals surface area contributed by atoms with Crippen LogP contribution in [0, 0.1) is 17.8 Å². The Kier molecular flexibility index (Phi) is 8.78. The first-order chi connectivity index (χ1) is 19.6. The molecule has 4 fully saturated rings. The summed E-state index contributed by atoms with van der Waals surface area (Å²) in [4.78, 5) is 28.3. The first-order valence-corrected chi connectivity index (χ1v) is 17.2. The Morgan fingerprint density at radius 3 is 2.02 bits per heavy atom. The van der Waals surface area contributed by atoms with E-state index in [1.165, 1.54) is 48.4 Å². The van der Waals surface area contributed by atoms with Crippen molar-refractivity contribution in [2.24, 2.45) is 17.8 Å². The summed E-state index contributed by atoms with van der Waals surface area (Å²) in [7, 11) is -3.75.